The summed E-state index contributed by atoms with van der Waals surface area (Å²) in [5.74, 6) is -0.889. The molecule has 5 rings (SSSR count). The summed E-state index contributed by atoms with van der Waals surface area (Å²) >= 11 is 0. The fourth-order valence-corrected chi connectivity index (χ4v) is 4.14. The SMILES string of the molecule is O=COCCC12OOC(CCC(=O)O)(c3ccccc31)c1ccccc12. The summed E-state index contributed by atoms with van der Waals surface area (Å²) in [6, 6.07) is 15.5. The summed E-state index contributed by atoms with van der Waals surface area (Å²) in [4.78, 5) is 33.6. The first kappa shape index (κ1) is 16.8. The second-order valence-electron chi connectivity index (χ2n) is 6.52. The Labute approximate surface area is 150 Å². The van der Waals surface area contributed by atoms with Crippen molar-refractivity contribution >= 4 is 12.4 Å². The third-order valence-corrected chi connectivity index (χ3v) is 5.25. The van der Waals surface area contributed by atoms with Gasteiger partial charge in [-0.15, -0.1) is 0 Å². The summed E-state index contributed by atoms with van der Waals surface area (Å²) in [6.45, 7) is 0.593. The zero-order chi connectivity index (χ0) is 18.2. The van der Waals surface area contributed by atoms with Gasteiger partial charge in [-0.3, -0.25) is 9.59 Å². The fraction of sp³-hybridized carbons (Fsp3) is 0.300. The van der Waals surface area contributed by atoms with Crippen molar-refractivity contribution in [2.75, 3.05) is 6.61 Å². The van der Waals surface area contributed by atoms with Crippen LogP contribution in [0.15, 0.2) is 48.5 Å². The van der Waals surface area contributed by atoms with Crippen molar-refractivity contribution in [3.8, 4) is 0 Å². The van der Waals surface area contributed by atoms with Crippen LogP contribution in [0, 0.1) is 0 Å². The van der Waals surface area contributed by atoms with E-state index in [1.54, 1.807) is 0 Å². The molecule has 0 aromatic heterocycles. The number of benzene rings is 2. The van der Waals surface area contributed by atoms with Crippen molar-refractivity contribution in [2.24, 2.45) is 0 Å². The number of carbonyl (C=O) groups is 2. The van der Waals surface area contributed by atoms with Crippen LogP contribution in [0.5, 0.6) is 0 Å². The van der Waals surface area contributed by atoms with Crippen LogP contribution in [-0.4, -0.2) is 24.2 Å². The van der Waals surface area contributed by atoms with Crippen LogP contribution in [0.2, 0.25) is 0 Å². The molecular weight excluding hydrogens is 336 g/mol. The lowest BCUT2D eigenvalue weighted by molar-refractivity contribution is -0.431. The summed E-state index contributed by atoms with van der Waals surface area (Å²) in [7, 11) is 0. The Kier molecular flexibility index (Phi) is 4.01. The number of fused-ring (bicyclic) bond motifs is 1. The van der Waals surface area contributed by atoms with Gasteiger partial charge in [0.15, 0.2) is 11.2 Å². The number of rotatable bonds is 7. The number of carboxylic acids is 1. The van der Waals surface area contributed by atoms with E-state index in [1.165, 1.54) is 0 Å². The first-order chi connectivity index (χ1) is 12.6. The Balaban J connectivity index is 1.90. The van der Waals surface area contributed by atoms with E-state index in [-0.39, 0.29) is 19.4 Å². The molecule has 0 saturated carbocycles. The molecule has 6 heteroatoms. The topological polar surface area (TPSA) is 82.1 Å². The maximum absolute atomic E-state index is 11.2. The van der Waals surface area contributed by atoms with E-state index >= 15 is 0 Å². The van der Waals surface area contributed by atoms with Crippen LogP contribution in [0.4, 0.5) is 0 Å². The molecule has 0 fully saturated rings. The quantitative estimate of drug-likeness (QED) is 0.468. The van der Waals surface area contributed by atoms with Crippen LogP contribution in [0.3, 0.4) is 0 Å². The number of hydrogen-bond donors (Lipinski definition) is 1. The maximum Gasteiger partial charge on any atom is 0.303 e. The molecule has 26 heavy (non-hydrogen) atoms. The van der Waals surface area contributed by atoms with Crippen LogP contribution in [-0.2, 0) is 35.3 Å². The summed E-state index contributed by atoms with van der Waals surface area (Å²) in [5, 5.41) is 9.21. The predicted molar refractivity (Wildman–Crippen MR) is 90.1 cm³/mol. The molecule has 0 radical (unpaired) electrons. The normalized spacial score (nSPS) is 25.2. The van der Waals surface area contributed by atoms with Gasteiger partial charge in [0.2, 0.25) is 0 Å². The minimum atomic E-state index is -0.959. The third kappa shape index (κ3) is 2.26. The highest BCUT2D eigenvalue weighted by molar-refractivity contribution is 5.68. The van der Waals surface area contributed by atoms with Crippen molar-refractivity contribution in [2.45, 2.75) is 30.5 Å². The van der Waals surface area contributed by atoms with Gasteiger partial charge in [0.05, 0.1) is 6.61 Å². The van der Waals surface area contributed by atoms with Gasteiger partial charge < -0.3 is 9.84 Å². The summed E-state index contributed by atoms with van der Waals surface area (Å²) < 4.78 is 4.92. The molecule has 134 valence electrons. The van der Waals surface area contributed by atoms with Gasteiger partial charge in [0.25, 0.3) is 6.47 Å². The van der Waals surface area contributed by atoms with Crippen molar-refractivity contribution in [3.05, 3.63) is 70.8 Å². The summed E-state index contributed by atoms with van der Waals surface area (Å²) in [6.07, 6.45) is 0.610. The number of carbonyl (C=O) groups excluding carboxylic acids is 1. The predicted octanol–water partition coefficient (Wildman–Crippen LogP) is 2.88. The molecule has 0 saturated heterocycles. The van der Waals surface area contributed by atoms with E-state index < -0.39 is 17.2 Å². The minimum Gasteiger partial charge on any atom is -0.481 e. The van der Waals surface area contributed by atoms with Gasteiger partial charge in [0, 0.05) is 12.8 Å². The Hall–Kier alpha value is -2.70. The average Bonchev–Trinajstić information content (AvgIpc) is 2.68. The Morgan fingerprint density at radius 2 is 1.38 bits per heavy atom. The lowest BCUT2D eigenvalue weighted by Crippen LogP contribution is -2.53. The number of ether oxygens (including phenoxy) is 1. The van der Waals surface area contributed by atoms with Gasteiger partial charge in [0.1, 0.15) is 0 Å². The van der Waals surface area contributed by atoms with Crippen molar-refractivity contribution in [3.63, 3.8) is 0 Å². The fourth-order valence-electron chi connectivity index (χ4n) is 4.14. The second kappa shape index (κ2) is 6.23. The van der Waals surface area contributed by atoms with Crippen LogP contribution >= 0.6 is 0 Å². The van der Waals surface area contributed by atoms with Gasteiger partial charge in [-0.1, -0.05) is 48.5 Å². The standard InChI is InChI=1S/C20H18O6/c21-13-24-12-11-20-16-7-3-1-5-14(16)19(25-26-20,10-9-18(22)23)15-6-2-4-8-17(15)20/h1-8,13H,9-12H2,(H,22,23). The third-order valence-electron chi connectivity index (χ3n) is 5.25. The van der Waals surface area contributed by atoms with Gasteiger partial charge in [-0.05, 0) is 28.7 Å². The van der Waals surface area contributed by atoms with Gasteiger partial charge in [-0.25, -0.2) is 9.78 Å². The molecule has 2 bridgehead atoms. The van der Waals surface area contributed by atoms with Crippen LogP contribution < -0.4 is 0 Å². The van der Waals surface area contributed by atoms with E-state index in [0.29, 0.717) is 12.9 Å². The van der Waals surface area contributed by atoms with Crippen molar-refractivity contribution in [1.82, 2.24) is 0 Å². The van der Waals surface area contributed by atoms with Crippen molar-refractivity contribution < 1.29 is 29.2 Å². The van der Waals surface area contributed by atoms with Gasteiger partial charge >= 0.3 is 5.97 Å². The Morgan fingerprint density at radius 1 is 0.923 bits per heavy atom. The molecule has 2 aliphatic heterocycles. The van der Waals surface area contributed by atoms with E-state index in [1.807, 2.05) is 48.5 Å². The minimum absolute atomic E-state index is 0.0483. The molecule has 2 aromatic rings. The van der Waals surface area contributed by atoms with Crippen molar-refractivity contribution in [1.29, 1.82) is 0 Å². The molecule has 2 heterocycles. The molecule has 0 amide bonds. The maximum atomic E-state index is 11.2. The highest BCUT2D eigenvalue weighted by atomic mass is 17.2. The Morgan fingerprint density at radius 3 is 1.81 bits per heavy atom. The van der Waals surface area contributed by atoms with E-state index in [2.05, 4.69) is 0 Å². The van der Waals surface area contributed by atoms with Gasteiger partial charge in [-0.2, -0.15) is 0 Å². The first-order valence-corrected chi connectivity index (χ1v) is 8.48. The molecule has 6 nitrogen and oxygen atoms in total. The molecule has 3 aliphatic rings. The van der Waals surface area contributed by atoms with E-state index in [0.717, 1.165) is 22.3 Å². The molecule has 0 spiro atoms. The molecule has 1 aliphatic carbocycles. The second-order valence-corrected chi connectivity index (χ2v) is 6.52. The van der Waals surface area contributed by atoms with E-state index in [9.17, 15) is 14.7 Å². The molecule has 0 unspecified atom stereocenters. The summed E-state index contributed by atoms with van der Waals surface area (Å²) in [5.41, 5.74) is 1.80. The lowest BCUT2D eigenvalue weighted by atomic mass is 9.64. The number of aliphatic carboxylic acids is 1. The highest BCUT2D eigenvalue weighted by Gasteiger charge is 2.58. The first-order valence-electron chi connectivity index (χ1n) is 8.48. The molecule has 1 N–H and O–H groups in total. The van der Waals surface area contributed by atoms with Crippen LogP contribution in [0.25, 0.3) is 0 Å². The zero-order valence-electron chi connectivity index (χ0n) is 14.0. The molecular formula is C20H18O6. The highest BCUT2D eigenvalue weighted by Crippen LogP contribution is 2.59. The molecule has 2 aromatic carbocycles. The lowest BCUT2D eigenvalue weighted by Gasteiger charge is -2.53. The average molecular weight is 354 g/mol. The van der Waals surface area contributed by atoms with E-state index in [4.69, 9.17) is 14.5 Å². The van der Waals surface area contributed by atoms with Crippen LogP contribution in [0.1, 0.15) is 41.5 Å². The Bertz CT molecular complexity index is 811. The number of carboxylic acid groups (broad SMARTS) is 1. The largest absolute Gasteiger partial charge is 0.481 e. The molecule has 0 atom stereocenters. The monoisotopic (exact) mass is 354 g/mol. The zero-order valence-corrected chi connectivity index (χ0v) is 14.0. The smallest absolute Gasteiger partial charge is 0.303 e. The number of hydrogen-bond acceptors (Lipinski definition) is 5.